The van der Waals surface area contributed by atoms with E-state index in [0.29, 0.717) is 11.1 Å². The van der Waals surface area contributed by atoms with Crippen molar-refractivity contribution >= 4 is 9.84 Å². The number of alkyl halides is 3. The fourth-order valence-corrected chi connectivity index (χ4v) is 3.72. The number of aromatic nitrogens is 1. The van der Waals surface area contributed by atoms with Crippen molar-refractivity contribution in [3.8, 4) is 17.3 Å². The van der Waals surface area contributed by atoms with Gasteiger partial charge in [0.05, 0.1) is 27.9 Å². The van der Waals surface area contributed by atoms with E-state index in [1.165, 1.54) is 24.3 Å². The molecular formula is C22H17F3N2O2S. The largest absolute Gasteiger partial charge is 0.416 e. The summed E-state index contributed by atoms with van der Waals surface area (Å²) in [6.07, 6.45) is -3.59. The van der Waals surface area contributed by atoms with Gasteiger partial charge in [-0.1, -0.05) is 42.5 Å². The molecule has 0 aliphatic rings. The minimum atomic E-state index is -4.60. The average Bonchev–Trinajstić information content (AvgIpc) is 2.71. The molecule has 0 aliphatic heterocycles. The first-order valence-electron chi connectivity index (χ1n) is 8.91. The van der Waals surface area contributed by atoms with E-state index in [0.717, 1.165) is 18.4 Å². The molecule has 0 bridgehead atoms. The van der Waals surface area contributed by atoms with Gasteiger partial charge in [0, 0.05) is 24.2 Å². The highest BCUT2D eigenvalue weighted by Crippen LogP contribution is 2.36. The molecule has 0 fully saturated rings. The van der Waals surface area contributed by atoms with Crippen LogP contribution in [0.15, 0.2) is 71.6 Å². The third-order valence-electron chi connectivity index (χ3n) is 4.61. The van der Waals surface area contributed by atoms with Gasteiger partial charge in [-0.05, 0) is 29.8 Å². The second kappa shape index (κ2) is 8.28. The zero-order valence-corrected chi connectivity index (χ0v) is 16.7. The Morgan fingerprint density at radius 2 is 1.67 bits per heavy atom. The number of benzene rings is 2. The van der Waals surface area contributed by atoms with Crippen molar-refractivity contribution in [3.63, 3.8) is 0 Å². The summed E-state index contributed by atoms with van der Waals surface area (Å²) in [5.74, 6) is -0.632. The number of nitrogens with zero attached hydrogens (tertiary/aromatic N) is 2. The Balaban J connectivity index is 2.16. The van der Waals surface area contributed by atoms with Crippen LogP contribution in [0, 0.1) is 11.3 Å². The first-order valence-corrected chi connectivity index (χ1v) is 10.8. The summed E-state index contributed by atoms with van der Waals surface area (Å²) in [7, 11) is -3.43. The lowest BCUT2D eigenvalue weighted by atomic mass is 9.91. The van der Waals surface area contributed by atoms with Crippen molar-refractivity contribution in [1.82, 2.24) is 4.98 Å². The first kappa shape index (κ1) is 21.5. The SMILES string of the molecule is CS(=O)(=O)c1ccc(-c2cc(C(F)(F)F)cc(C(CC#N)c3ccccc3)n2)cc1. The Kier molecular flexibility index (Phi) is 5.94. The Hall–Kier alpha value is -3.18. The minimum absolute atomic E-state index is 0.0369. The summed E-state index contributed by atoms with van der Waals surface area (Å²) < 4.78 is 64.0. The van der Waals surface area contributed by atoms with E-state index in [9.17, 15) is 26.9 Å². The number of nitriles is 1. The van der Waals surface area contributed by atoms with Gasteiger partial charge in [0.15, 0.2) is 9.84 Å². The number of sulfone groups is 1. The average molecular weight is 430 g/mol. The summed E-state index contributed by atoms with van der Waals surface area (Å²) in [6.45, 7) is 0. The fraction of sp³-hybridized carbons (Fsp3) is 0.182. The van der Waals surface area contributed by atoms with Crippen molar-refractivity contribution in [2.45, 2.75) is 23.4 Å². The van der Waals surface area contributed by atoms with Gasteiger partial charge in [-0.3, -0.25) is 4.98 Å². The van der Waals surface area contributed by atoms with Gasteiger partial charge >= 0.3 is 6.18 Å². The van der Waals surface area contributed by atoms with Crippen LogP contribution in [0.4, 0.5) is 13.2 Å². The molecule has 0 N–H and O–H groups in total. The molecule has 0 saturated heterocycles. The molecule has 154 valence electrons. The zero-order chi connectivity index (χ0) is 21.9. The van der Waals surface area contributed by atoms with Crippen LogP contribution < -0.4 is 0 Å². The molecule has 1 atom stereocenters. The quantitative estimate of drug-likeness (QED) is 0.557. The van der Waals surface area contributed by atoms with Crippen molar-refractivity contribution in [3.05, 3.63) is 83.6 Å². The van der Waals surface area contributed by atoms with Crippen molar-refractivity contribution in [1.29, 1.82) is 5.26 Å². The lowest BCUT2D eigenvalue weighted by Gasteiger charge is -2.18. The van der Waals surface area contributed by atoms with Crippen LogP contribution in [0.1, 0.15) is 29.2 Å². The van der Waals surface area contributed by atoms with Gasteiger partial charge in [0.2, 0.25) is 0 Å². The fourth-order valence-electron chi connectivity index (χ4n) is 3.08. The predicted molar refractivity (Wildman–Crippen MR) is 106 cm³/mol. The first-order chi connectivity index (χ1) is 14.1. The van der Waals surface area contributed by atoms with Crippen LogP contribution in [0.3, 0.4) is 0 Å². The van der Waals surface area contributed by atoms with Crippen molar-refractivity contribution < 1.29 is 21.6 Å². The summed E-state index contributed by atoms with van der Waals surface area (Å²) in [5, 5.41) is 9.22. The highest BCUT2D eigenvalue weighted by atomic mass is 32.2. The Morgan fingerprint density at radius 3 is 2.20 bits per heavy atom. The van der Waals surface area contributed by atoms with Crippen LogP contribution >= 0.6 is 0 Å². The van der Waals surface area contributed by atoms with E-state index in [-0.39, 0.29) is 22.7 Å². The van der Waals surface area contributed by atoms with E-state index in [1.807, 2.05) is 6.07 Å². The van der Waals surface area contributed by atoms with Crippen LogP contribution in [-0.2, 0) is 16.0 Å². The smallest absolute Gasteiger partial charge is 0.252 e. The molecule has 0 saturated carbocycles. The van der Waals surface area contributed by atoms with E-state index < -0.39 is 27.5 Å². The number of halogens is 3. The number of hydrogen-bond acceptors (Lipinski definition) is 4. The van der Waals surface area contributed by atoms with Crippen LogP contribution in [0.2, 0.25) is 0 Å². The van der Waals surface area contributed by atoms with E-state index >= 15 is 0 Å². The Labute approximate surface area is 172 Å². The normalized spacial score (nSPS) is 12.9. The van der Waals surface area contributed by atoms with Gasteiger partial charge in [-0.25, -0.2) is 8.42 Å². The Bertz CT molecular complexity index is 1180. The van der Waals surface area contributed by atoms with Gasteiger partial charge in [-0.15, -0.1) is 0 Å². The van der Waals surface area contributed by atoms with Crippen molar-refractivity contribution in [2.24, 2.45) is 0 Å². The van der Waals surface area contributed by atoms with Crippen molar-refractivity contribution in [2.75, 3.05) is 6.26 Å². The number of hydrogen-bond donors (Lipinski definition) is 0. The molecule has 0 spiro atoms. The molecule has 0 amide bonds. The van der Waals surface area contributed by atoms with Crippen LogP contribution in [-0.4, -0.2) is 19.7 Å². The van der Waals surface area contributed by atoms with E-state index in [1.54, 1.807) is 30.3 Å². The second-order valence-electron chi connectivity index (χ2n) is 6.79. The molecule has 2 aromatic carbocycles. The molecule has 30 heavy (non-hydrogen) atoms. The number of pyridine rings is 1. The molecule has 1 heterocycles. The molecule has 4 nitrogen and oxygen atoms in total. The molecule has 1 aromatic heterocycles. The highest BCUT2D eigenvalue weighted by molar-refractivity contribution is 7.90. The zero-order valence-electron chi connectivity index (χ0n) is 15.9. The highest BCUT2D eigenvalue weighted by Gasteiger charge is 2.33. The number of rotatable bonds is 5. The summed E-state index contributed by atoms with van der Waals surface area (Å²) >= 11 is 0. The van der Waals surface area contributed by atoms with Crippen LogP contribution in [0.25, 0.3) is 11.3 Å². The van der Waals surface area contributed by atoms with Gasteiger partial charge in [0.25, 0.3) is 0 Å². The molecular weight excluding hydrogens is 413 g/mol. The third-order valence-corrected chi connectivity index (χ3v) is 5.73. The van der Waals surface area contributed by atoms with Gasteiger partial charge in [-0.2, -0.15) is 18.4 Å². The standard InChI is InChI=1S/C22H17F3N2O2S/c1-30(28,29)18-9-7-16(8-10-18)20-13-17(22(23,24)25)14-21(27-20)19(11-12-26)15-5-3-2-4-6-15/h2-10,13-14,19H,11H2,1H3. The lowest BCUT2D eigenvalue weighted by Crippen LogP contribution is -2.10. The molecule has 3 aromatic rings. The molecule has 1 unspecified atom stereocenters. The van der Waals surface area contributed by atoms with Crippen LogP contribution in [0.5, 0.6) is 0 Å². The van der Waals surface area contributed by atoms with Gasteiger partial charge < -0.3 is 0 Å². The maximum Gasteiger partial charge on any atom is 0.416 e. The monoisotopic (exact) mass is 430 g/mol. The lowest BCUT2D eigenvalue weighted by molar-refractivity contribution is -0.137. The minimum Gasteiger partial charge on any atom is -0.252 e. The summed E-state index contributed by atoms with van der Waals surface area (Å²) in [6, 6.07) is 18.2. The molecule has 3 rings (SSSR count). The Morgan fingerprint density at radius 1 is 1.03 bits per heavy atom. The predicted octanol–water partition coefficient (Wildman–Crippen LogP) is 5.22. The maximum absolute atomic E-state index is 13.6. The summed E-state index contributed by atoms with van der Waals surface area (Å²) in [5.41, 5.74) is 0.329. The molecule has 0 radical (unpaired) electrons. The third kappa shape index (κ3) is 4.86. The van der Waals surface area contributed by atoms with Gasteiger partial charge in [0.1, 0.15) is 0 Å². The maximum atomic E-state index is 13.6. The topological polar surface area (TPSA) is 70.8 Å². The van der Waals surface area contributed by atoms with E-state index in [4.69, 9.17) is 0 Å². The molecule has 0 aliphatic carbocycles. The second-order valence-corrected chi connectivity index (χ2v) is 8.80. The summed E-state index contributed by atoms with van der Waals surface area (Å²) in [4.78, 5) is 4.46. The van der Waals surface area contributed by atoms with E-state index in [2.05, 4.69) is 4.98 Å². The molecule has 8 heteroatoms.